The number of aliphatic hydroxyl groups is 3. The van der Waals surface area contributed by atoms with Gasteiger partial charge < -0.3 is 34.4 Å². The third kappa shape index (κ3) is 8.44. The molecule has 33 heavy (non-hydrogen) atoms. The van der Waals surface area contributed by atoms with Gasteiger partial charge in [0, 0.05) is 19.0 Å². The molecule has 0 aliphatic carbocycles. The highest BCUT2D eigenvalue weighted by Gasteiger charge is 2.39. The Morgan fingerprint density at radius 1 is 1.03 bits per heavy atom. The van der Waals surface area contributed by atoms with E-state index in [4.69, 9.17) is 14.2 Å². The molecule has 2 aliphatic heterocycles. The molecule has 8 nitrogen and oxygen atoms in total. The summed E-state index contributed by atoms with van der Waals surface area (Å²) >= 11 is 0. The van der Waals surface area contributed by atoms with Crippen molar-refractivity contribution in [1.29, 1.82) is 0 Å². The number of aliphatic hydroxyl groups excluding tert-OH is 2. The normalized spacial score (nSPS) is 45.6. The molecule has 2 heterocycles. The standard InChI is InChI=1S/C25H47NO7/c1-15-10-17(3)32-22(12-15)33-21-9-8-20(27)11-16(2)13-26(7)19(5)23(28)25(6,30)14-31-24(29)18(21)4/h15-23,27-28,30H,8-14H2,1-7H3/t15?,16-,17?,18?,19?,20?,21+,22+,23?,25-/m1/s1. The summed E-state index contributed by atoms with van der Waals surface area (Å²) in [7, 11) is 1.88. The zero-order valence-corrected chi connectivity index (χ0v) is 21.6. The lowest BCUT2D eigenvalue weighted by Crippen LogP contribution is -2.55. The zero-order chi connectivity index (χ0) is 24.9. The van der Waals surface area contributed by atoms with Crippen LogP contribution in [0, 0.1) is 17.8 Å². The number of ether oxygens (including phenoxy) is 3. The summed E-state index contributed by atoms with van der Waals surface area (Å²) < 4.78 is 17.7. The second kappa shape index (κ2) is 12.3. The van der Waals surface area contributed by atoms with Gasteiger partial charge in [0.15, 0.2) is 6.29 Å². The number of cyclic esters (lactones) is 1. The first kappa shape index (κ1) is 28.5. The molecule has 0 saturated carbocycles. The highest BCUT2D eigenvalue weighted by atomic mass is 16.7. The maximum atomic E-state index is 12.9. The number of carbonyl (C=O) groups is 1. The fourth-order valence-corrected chi connectivity index (χ4v) is 5.10. The molecule has 2 fully saturated rings. The highest BCUT2D eigenvalue weighted by Crippen LogP contribution is 2.29. The second-order valence-electron chi connectivity index (χ2n) is 11.1. The second-order valence-corrected chi connectivity index (χ2v) is 11.1. The summed E-state index contributed by atoms with van der Waals surface area (Å²) in [4.78, 5) is 14.9. The number of carbonyl (C=O) groups excluding carboxylic acids is 1. The third-order valence-electron chi connectivity index (χ3n) is 7.32. The number of hydrogen-bond acceptors (Lipinski definition) is 8. The summed E-state index contributed by atoms with van der Waals surface area (Å²) in [5.74, 6) is -0.454. The molecule has 10 atom stereocenters. The van der Waals surface area contributed by atoms with Crippen LogP contribution in [0.15, 0.2) is 0 Å². The van der Waals surface area contributed by atoms with Crippen molar-refractivity contribution in [3.8, 4) is 0 Å². The molecule has 2 rings (SSSR count). The van der Waals surface area contributed by atoms with Crippen molar-refractivity contribution >= 4 is 5.97 Å². The van der Waals surface area contributed by atoms with Crippen LogP contribution in [-0.4, -0.2) is 88.7 Å². The highest BCUT2D eigenvalue weighted by molar-refractivity contribution is 5.72. The molecular weight excluding hydrogens is 426 g/mol. The van der Waals surface area contributed by atoms with Gasteiger partial charge in [0.05, 0.1) is 24.2 Å². The molecule has 2 saturated heterocycles. The predicted molar refractivity (Wildman–Crippen MR) is 125 cm³/mol. The summed E-state index contributed by atoms with van der Waals surface area (Å²) in [5, 5.41) is 32.3. The van der Waals surface area contributed by atoms with Crippen molar-refractivity contribution in [1.82, 2.24) is 4.90 Å². The van der Waals surface area contributed by atoms with Crippen LogP contribution in [0.4, 0.5) is 0 Å². The van der Waals surface area contributed by atoms with Crippen molar-refractivity contribution < 1.29 is 34.3 Å². The van der Waals surface area contributed by atoms with E-state index in [0.717, 1.165) is 12.8 Å². The Morgan fingerprint density at radius 2 is 1.70 bits per heavy atom. The van der Waals surface area contributed by atoms with E-state index in [-0.39, 0.29) is 24.7 Å². The molecule has 0 aromatic rings. The van der Waals surface area contributed by atoms with Crippen LogP contribution in [0.1, 0.15) is 73.6 Å². The van der Waals surface area contributed by atoms with Gasteiger partial charge in [0.2, 0.25) is 0 Å². The van der Waals surface area contributed by atoms with Crippen LogP contribution in [0.2, 0.25) is 0 Å². The van der Waals surface area contributed by atoms with Crippen molar-refractivity contribution in [2.45, 2.75) is 116 Å². The first-order valence-corrected chi connectivity index (χ1v) is 12.6. The molecule has 6 unspecified atom stereocenters. The van der Waals surface area contributed by atoms with Gasteiger partial charge in [0.1, 0.15) is 18.3 Å². The van der Waals surface area contributed by atoms with Crippen LogP contribution in [0.5, 0.6) is 0 Å². The minimum absolute atomic E-state index is 0.0882. The van der Waals surface area contributed by atoms with E-state index in [0.29, 0.717) is 31.7 Å². The number of rotatable bonds is 2. The van der Waals surface area contributed by atoms with Gasteiger partial charge in [-0.1, -0.05) is 13.8 Å². The van der Waals surface area contributed by atoms with Crippen LogP contribution in [-0.2, 0) is 19.0 Å². The van der Waals surface area contributed by atoms with Gasteiger partial charge >= 0.3 is 5.97 Å². The van der Waals surface area contributed by atoms with E-state index in [9.17, 15) is 20.1 Å². The molecule has 0 bridgehead atoms. The predicted octanol–water partition coefficient (Wildman–Crippen LogP) is 2.33. The Balaban J connectivity index is 2.19. The Bertz CT molecular complexity index is 606. The Hall–Kier alpha value is -0.770. The van der Waals surface area contributed by atoms with Gasteiger partial charge in [-0.05, 0) is 72.3 Å². The zero-order valence-electron chi connectivity index (χ0n) is 21.6. The largest absolute Gasteiger partial charge is 0.462 e. The Morgan fingerprint density at radius 3 is 2.33 bits per heavy atom. The van der Waals surface area contributed by atoms with Gasteiger partial charge in [-0.15, -0.1) is 0 Å². The first-order valence-electron chi connectivity index (χ1n) is 12.6. The van der Waals surface area contributed by atoms with E-state index < -0.39 is 42.1 Å². The monoisotopic (exact) mass is 473 g/mol. The molecular formula is C25H47NO7. The third-order valence-corrected chi connectivity index (χ3v) is 7.32. The van der Waals surface area contributed by atoms with Crippen LogP contribution >= 0.6 is 0 Å². The minimum Gasteiger partial charge on any atom is -0.462 e. The summed E-state index contributed by atoms with van der Waals surface area (Å²) in [6.45, 7) is 11.7. The lowest BCUT2D eigenvalue weighted by atomic mass is 9.92. The average Bonchev–Trinajstić information content (AvgIpc) is 2.71. The number of hydrogen-bond donors (Lipinski definition) is 3. The Labute approximate surface area is 199 Å². The molecule has 0 aromatic heterocycles. The lowest BCUT2D eigenvalue weighted by molar-refractivity contribution is -0.231. The molecule has 0 amide bonds. The van der Waals surface area contributed by atoms with E-state index in [1.807, 2.05) is 25.8 Å². The van der Waals surface area contributed by atoms with Crippen molar-refractivity contribution in [2.24, 2.45) is 17.8 Å². The van der Waals surface area contributed by atoms with Crippen molar-refractivity contribution in [2.75, 3.05) is 20.2 Å². The van der Waals surface area contributed by atoms with Crippen LogP contribution in [0.3, 0.4) is 0 Å². The minimum atomic E-state index is -1.60. The lowest BCUT2D eigenvalue weighted by Gasteiger charge is -2.38. The molecule has 0 radical (unpaired) electrons. The molecule has 0 spiro atoms. The van der Waals surface area contributed by atoms with Crippen LogP contribution in [0.25, 0.3) is 0 Å². The fourth-order valence-electron chi connectivity index (χ4n) is 5.10. The van der Waals surface area contributed by atoms with Crippen LogP contribution < -0.4 is 0 Å². The number of likely N-dealkylation sites (N-methyl/N-ethyl adjacent to an activating group) is 1. The number of esters is 1. The maximum Gasteiger partial charge on any atom is 0.311 e. The summed E-state index contributed by atoms with van der Waals surface area (Å²) in [6.07, 6.45) is 0.903. The van der Waals surface area contributed by atoms with Gasteiger partial charge in [-0.3, -0.25) is 4.79 Å². The van der Waals surface area contributed by atoms with E-state index in [1.54, 1.807) is 6.92 Å². The summed E-state index contributed by atoms with van der Waals surface area (Å²) in [5.41, 5.74) is -1.60. The van der Waals surface area contributed by atoms with Gasteiger partial charge in [-0.25, -0.2) is 0 Å². The van der Waals surface area contributed by atoms with E-state index >= 15 is 0 Å². The Kier molecular flexibility index (Phi) is 10.6. The smallest absolute Gasteiger partial charge is 0.311 e. The van der Waals surface area contributed by atoms with Gasteiger partial charge in [-0.2, -0.15) is 0 Å². The maximum absolute atomic E-state index is 12.9. The van der Waals surface area contributed by atoms with Crippen molar-refractivity contribution in [3.63, 3.8) is 0 Å². The van der Waals surface area contributed by atoms with Crippen molar-refractivity contribution in [3.05, 3.63) is 0 Å². The molecule has 0 aromatic carbocycles. The molecule has 3 N–H and O–H groups in total. The quantitative estimate of drug-likeness (QED) is 0.525. The van der Waals surface area contributed by atoms with E-state index in [2.05, 4.69) is 13.8 Å². The summed E-state index contributed by atoms with van der Waals surface area (Å²) in [6, 6.07) is -0.357. The molecule has 2 aliphatic rings. The number of nitrogens with zero attached hydrogens (tertiary/aromatic N) is 1. The van der Waals surface area contributed by atoms with Gasteiger partial charge in [0.25, 0.3) is 0 Å². The van der Waals surface area contributed by atoms with E-state index in [1.165, 1.54) is 6.92 Å². The SMILES string of the molecule is CC1CC(C)O[C@@H](O[C@H]2CCC(O)C[C@@H](C)CN(C)C(C)C(O)[C@](C)(O)COC(=O)C2C)C1. The first-order chi connectivity index (χ1) is 15.3. The topological polar surface area (TPSA) is 109 Å². The average molecular weight is 474 g/mol. The fraction of sp³-hybridized carbons (Fsp3) is 0.960. The molecule has 194 valence electrons. The molecule has 8 heteroatoms.